The van der Waals surface area contributed by atoms with E-state index >= 15 is 0 Å². The second-order valence-corrected chi connectivity index (χ2v) is 2.78. The molecule has 0 saturated carbocycles. The van der Waals surface area contributed by atoms with Gasteiger partial charge in [0.15, 0.2) is 0 Å². The Kier molecular flexibility index (Phi) is 2.82. The summed E-state index contributed by atoms with van der Waals surface area (Å²) in [5.74, 6) is -4.53. The van der Waals surface area contributed by atoms with E-state index in [1.165, 1.54) is 18.4 Å². The van der Waals surface area contributed by atoms with Crippen molar-refractivity contribution in [2.24, 2.45) is 0 Å². The number of alkyl halides is 5. The molecular weight excluding hydrogens is 207 g/mol. The summed E-state index contributed by atoms with van der Waals surface area (Å²) in [5, 5.41) is 0. The van der Waals surface area contributed by atoms with E-state index in [1.54, 1.807) is 0 Å². The maximum atomic E-state index is 12.4. The van der Waals surface area contributed by atoms with Crippen molar-refractivity contribution in [3.63, 3.8) is 0 Å². The van der Waals surface area contributed by atoms with Gasteiger partial charge in [0, 0.05) is 12.8 Å². The maximum Gasteiger partial charge on any atom is 0.453 e. The van der Waals surface area contributed by atoms with Crippen LogP contribution in [-0.4, -0.2) is 12.1 Å². The first-order chi connectivity index (χ1) is 6.33. The number of rotatable bonds is 3. The Balaban J connectivity index is 2.53. The first kappa shape index (κ1) is 11.0. The topological polar surface area (TPSA) is 13.1 Å². The van der Waals surface area contributed by atoms with Gasteiger partial charge in [0.05, 0.1) is 6.26 Å². The third-order valence-corrected chi connectivity index (χ3v) is 1.68. The van der Waals surface area contributed by atoms with Crippen molar-refractivity contribution in [3.05, 3.63) is 24.2 Å². The normalized spacial score (nSPS) is 13.2. The third-order valence-electron chi connectivity index (χ3n) is 1.68. The third kappa shape index (κ3) is 2.46. The van der Waals surface area contributed by atoms with E-state index in [2.05, 4.69) is 4.42 Å². The van der Waals surface area contributed by atoms with Gasteiger partial charge < -0.3 is 4.42 Å². The van der Waals surface area contributed by atoms with Crippen LogP contribution in [0.2, 0.25) is 0 Å². The monoisotopic (exact) mass is 214 g/mol. The molecule has 1 aromatic heterocycles. The van der Waals surface area contributed by atoms with Crippen molar-refractivity contribution in [1.29, 1.82) is 0 Å². The van der Waals surface area contributed by atoms with E-state index in [4.69, 9.17) is 0 Å². The van der Waals surface area contributed by atoms with Gasteiger partial charge in [0.1, 0.15) is 5.76 Å². The molecule has 0 saturated heterocycles. The average Bonchev–Trinajstić information content (AvgIpc) is 2.50. The van der Waals surface area contributed by atoms with Gasteiger partial charge in [0.2, 0.25) is 0 Å². The minimum Gasteiger partial charge on any atom is -0.469 e. The smallest absolute Gasteiger partial charge is 0.453 e. The molecule has 1 nitrogen and oxygen atoms in total. The minimum atomic E-state index is -5.49. The number of hydrogen-bond donors (Lipinski definition) is 0. The Labute approximate surface area is 76.5 Å². The molecule has 14 heavy (non-hydrogen) atoms. The highest BCUT2D eigenvalue weighted by Crippen LogP contribution is 2.38. The molecule has 0 aliphatic rings. The molecule has 0 spiro atoms. The molecule has 1 aromatic rings. The molecule has 0 amide bonds. The predicted octanol–water partition coefficient (Wildman–Crippen LogP) is 3.41. The highest BCUT2D eigenvalue weighted by atomic mass is 19.4. The second kappa shape index (κ2) is 3.59. The number of halogens is 5. The summed E-state index contributed by atoms with van der Waals surface area (Å²) in [4.78, 5) is 0. The minimum absolute atomic E-state index is 0.119. The fourth-order valence-corrected chi connectivity index (χ4v) is 0.877. The molecule has 0 aromatic carbocycles. The molecule has 0 bridgehead atoms. The van der Waals surface area contributed by atoms with Crippen LogP contribution in [0.5, 0.6) is 0 Å². The molecule has 0 radical (unpaired) electrons. The number of aryl methyl sites for hydroxylation is 1. The van der Waals surface area contributed by atoms with Gasteiger partial charge in [-0.05, 0) is 12.1 Å². The summed E-state index contributed by atoms with van der Waals surface area (Å²) in [7, 11) is 0. The van der Waals surface area contributed by atoms with Crippen LogP contribution in [0, 0.1) is 0 Å². The molecule has 6 heteroatoms. The van der Waals surface area contributed by atoms with Crippen molar-refractivity contribution in [1.82, 2.24) is 0 Å². The number of hydrogen-bond acceptors (Lipinski definition) is 1. The maximum absolute atomic E-state index is 12.4. The standard InChI is InChI=1S/C8H7F5O/c9-7(10,8(11,12)13)4-3-6-2-1-5-14-6/h1-2,5H,3-4H2. The number of furan rings is 1. The van der Waals surface area contributed by atoms with Crippen molar-refractivity contribution in [2.75, 3.05) is 0 Å². The quantitative estimate of drug-likeness (QED) is 0.702. The molecule has 0 aliphatic carbocycles. The van der Waals surface area contributed by atoms with Crippen LogP contribution in [0.15, 0.2) is 22.8 Å². The zero-order valence-electron chi connectivity index (χ0n) is 6.94. The van der Waals surface area contributed by atoms with Gasteiger partial charge in [-0.3, -0.25) is 0 Å². The lowest BCUT2D eigenvalue weighted by Crippen LogP contribution is -2.36. The van der Waals surface area contributed by atoms with Gasteiger partial charge >= 0.3 is 12.1 Å². The highest BCUT2D eigenvalue weighted by Gasteiger charge is 2.56. The van der Waals surface area contributed by atoms with E-state index in [1.807, 2.05) is 0 Å². The lowest BCUT2D eigenvalue weighted by Gasteiger charge is -2.18. The van der Waals surface area contributed by atoms with E-state index in [9.17, 15) is 22.0 Å². The molecule has 0 unspecified atom stereocenters. The Hall–Kier alpha value is -1.07. The molecule has 0 N–H and O–H groups in total. The van der Waals surface area contributed by atoms with Crippen LogP contribution >= 0.6 is 0 Å². The SMILES string of the molecule is FC(F)(F)C(F)(F)CCc1ccco1. The molecule has 1 rings (SSSR count). The molecule has 0 aliphatic heterocycles. The van der Waals surface area contributed by atoms with Crippen LogP contribution in [0.1, 0.15) is 12.2 Å². The zero-order valence-corrected chi connectivity index (χ0v) is 6.94. The summed E-state index contributed by atoms with van der Waals surface area (Å²) in [6, 6.07) is 2.79. The Bertz CT molecular complexity index is 274. The van der Waals surface area contributed by atoms with E-state index in [-0.39, 0.29) is 5.76 Å². The molecule has 0 fully saturated rings. The molecular formula is C8H7F5O. The van der Waals surface area contributed by atoms with Gasteiger partial charge in [-0.1, -0.05) is 0 Å². The first-order valence-electron chi connectivity index (χ1n) is 3.80. The van der Waals surface area contributed by atoms with Gasteiger partial charge in [0.25, 0.3) is 0 Å². The molecule has 80 valence electrons. The van der Waals surface area contributed by atoms with Crippen molar-refractivity contribution in [2.45, 2.75) is 24.9 Å². The van der Waals surface area contributed by atoms with Crippen molar-refractivity contribution in [3.8, 4) is 0 Å². The zero-order chi connectivity index (χ0) is 10.8. The second-order valence-electron chi connectivity index (χ2n) is 2.78. The van der Waals surface area contributed by atoms with Crippen molar-refractivity contribution >= 4 is 0 Å². The van der Waals surface area contributed by atoms with Crippen LogP contribution in [-0.2, 0) is 6.42 Å². The molecule has 1 heterocycles. The van der Waals surface area contributed by atoms with E-state index < -0.39 is 24.9 Å². The Morgan fingerprint density at radius 3 is 2.21 bits per heavy atom. The largest absolute Gasteiger partial charge is 0.469 e. The van der Waals surface area contributed by atoms with Crippen LogP contribution in [0.3, 0.4) is 0 Å². The summed E-state index contributed by atoms with van der Waals surface area (Å²) in [6.07, 6.45) is -5.98. The van der Waals surface area contributed by atoms with Gasteiger partial charge in [-0.15, -0.1) is 0 Å². The Morgan fingerprint density at radius 1 is 1.14 bits per heavy atom. The van der Waals surface area contributed by atoms with Crippen LogP contribution < -0.4 is 0 Å². The van der Waals surface area contributed by atoms with Gasteiger partial charge in [-0.2, -0.15) is 22.0 Å². The summed E-state index contributed by atoms with van der Waals surface area (Å²) < 4.78 is 64.4. The Morgan fingerprint density at radius 2 is 1.79 bits per heavy atom. The first-order valence-corrected chi connectivity index (χ1v) is 3.80. The summed E-state index contributed by atoms with van der Waals surface area (Å²) >= 11 is 0. The fourth-order valence-electron chi connectivity index (χ4n) is 0.877. The lowest BCUT2D eigenvalue weighted by atomic mass is 10.1. The van der Waals surface area contributed by atoms with E-state index in [0.29, 0.717) is 0 Å². The summed E-state index contributed by atoms with van der Waals surface area (Å²) in [5.41, 5.74) is 0. The average molecular weight is 214 g/mol. The summed E-state index contributed by atoms with van der Waals surface area (Å²) in [6.45, 7) is 0. The predicted molar refractivity (Wildman–Crippen MR) is 38.0 cm³/mol. The fraction of sp³-hybridized carbons (Fsp3) is 0.500. The lowest BCUT2D eigenvalue weighted by molar-refractivity contribution is -0.284. The highest BCUT2D eigenvalue weighted by molar-refractivity contribution is 4.99. The molecule has 0 atom stereocenters. The van der Waals surface area contributed by atoms with Gasteiger partial charge in [-0.25, -0.2) is 0 Å². The van der Waals surface area contributed by atoms with Crippen LogP contribution in [0.4, 0.5) is 22.0 Å². The van der Waals surface area contributed by atoms with Crippen LogP contribution in [0.25, 0.3) is 0 Å². The van der Waals surface area contributed by atoms with Crippen molar-refractivity contribution < 1.29 is 26.4 Å². The van der Waals surface area contributed by atoms with E-state index in [0.717, 1.165) is 0 Å².